The van der Waals surface area contributed by atoms with Crippen molar-refractivity contribution in [3.05, 3.63) is 59.7 Å². The van der Waals surface area contributed by atoms with E-state index in [0.717, 1.165) is 41.7 Å². The van der Waals surface area contributed by atoms with Crippen molar-refractivity contribution >= 4 is 0 Å². The van der Waals surface area contributed by atoms with Crippen molar-refractivity contribution in [1.82, 2.24) is 0 Å². The summed E-state index contributed by atoms with van der Waals surface area (Å²) in [6.45, 7) is 0.608. The third-order valence-electron chi connectivity index (χ3n) is 3.60. The quantitative estimate of drug-likeness (QED) is 0.873. The second kappa shape index (κ2) is 6.94. The predicted octanol–water partition coefficient (Wildman–Crippen LogP) is 4.11. The molecule has 0 saturated carbocycles. The third kappa shape index (κ3) is 4.08. The summed E-state index contributed by atoms with van der Waals surface area (Å²) in [5.41, 5.74) is 13.5. The molecule has 0 aliphatic rings. The first kappa shape index (κ1) is 16.5. The second-order valence-corrected chi connectivity index (χ2v) is 5.23. The number of hydrogen-bond acceptors (Lipinski definition) is 2. The van der Waals surface area contributed by atoms with Gasteiger partial charge in [-0.2, -0.15) is 13.2 Å². The van der Waals surface area contributed by atoms with Gasteiger partial charge in [-0.05, 0) is 48.2 Å². The number of rotatable bonds is 5. The van der Waals surface area contributed by atoms with Gasteiger partial charge in [-0.3, -0.25) is 0 Å². The van der Waals surface area contributed by atoms with E-state index in [4.69, 9.17) is 11.5 Å². The molecular formula is C17H19F3N2. The van der Waals surface area contributed by atoms with E-state index >= 15 is 0 Å². The molecule has 0 bridgehead atoms. The van der Waals surface area contributed by atoms with Crippen molar-refractivity contribution in [3.8, 4) is 11.1 Å². The first-order chi connectivity index (χ1) is 10.4. The number of alkyl halides is 3. The van der Waals surface area contributed by atoms with Crippen LogP contribution in [0.25, 0.3) is 11.1 Å². The maximum Gasteiger partial charge on any atom is 0.416 e. The van der Waals surface area contributed by atoms with Crippen LogP contribution in [0.1, 0.15) is 30.0 Å². The van der Waals surface area contributed by atoms with Crippen LogP contribution in [0.3, 0.4) is 0 Å². The van der Waals surface area contributed by atoms with Gasteiger partial charge < -0.3 is 11.5 Å². The summed E-state index contributed by atoms with van der Waals surface area (Å²) < 4.78 is 37.6. The Morgan fingerprint density at radius 2 is 1.36 bits per heavy atom. The van der Waals surface area contributed by atoms with Crippen molar-refractivity contribution < 1.29 is 13.2 Å². The lowest BCUT2D eigenvalue weighted by atomic mass is 9.98. The molecule has 2 aromatic rings. The molecule has 0 amide bonds. The molecule has 0 unspecified atom stereocenters. The molecule has 22 heavy (non-hydrogen) atoms. The van der Waals surface area contributed by atoms with Crippen molar-refractivity contribution in [2.45, 2.75) is 25.1 Å². The zero-order valence-electron chi connectivity index (χ0n) is 12.1. The average molecular weight is 308 g/mol. The van der Waals surface area contributed by atoms with Crippen molar-refractivity contribution in [3.63, 3.8) is 0 Å². The second-order valence-electron chi connectivity index (χ2n) is 5.23. The van der Waals surface area contributed by atoms with Crippen LogP contribution < -0.4 is 11.5 Å². The van der Waals surface area contributed by atoms with E-state index in [1.54, 1.807) is 0 Å². The highest BCUT2D eigenvalue weighted by atomic mass is 19.4. The maximum absolute atomic E-state index is 12.5. The van der Waals surface area contributed by atoms with Crippen molar-refractivity contribution in [1.29, 1.82) is 0 Å². The summed E-state index contributed by atoms with van der Waals surface area (Å²) in [5, 5.41) is 0. The van der Waals surface area contributed by atoms with Gasteiger partial charge >= 0.3 is 6.18 Å². The minimum atomic E-state index is -4.31. The Morgan fingerprint density at radius 3 is 1.82 bits per heavy atom. The van der Waals surface area contributed by atoms with Gasteiger partial charge in [0.15, 0.2) is 0 Å². The molecule has 0 aliphatic heterocycles. The SMILES string of the molecule is NCCC[C@@H](N)c1ccc(-c2ccc(C(F)(F)F)cc2)cc1. The molecule has 2 nitrogen and oxygen atoms in total. The summed E-state index contributed by atoms with van der Waals surface area (Å²) in [4.78, 5) is 0. The molecule has 4 N–H and O–H groups in total. The molecule has 0 spiro atoms. The Balaban J connectivity index is 2.13. The van der Waals surface area contributed by atoms with E-state index in [0.29, 0.717) is 6.54 Å². The smallest absolute Gasteiger partial charge is 0.330 e. The Kier molecular flexibility index (Phi) is 5.21. The van der Waals surface area contributed by atoms with E-state index in [1.807, 2.05) is 24.3 Å². The lowest BCUT2D eigenvalue weighted by Crippen LogP contribution is -2.12. The number of hydrogen-bond donors (Lipinski definition) is 2. The van der Waals surface area contributed by atoms with Crippen LogP contribution in [0, 0.1) is 0 Å². The molecular weight excluding hydrogens is 289 g/mol. The highest BCUT2D eigenvalue weighted by Crippen LogP contribution is 2.31. The van der Waals surface area contributed by atoms with Gasteiger partial charge in [0.2, 0.25) is 0 Å². The van der Waals surface area contributed by atoms with Gasteiger partial charge in [-0.15, -0.1) is 0 Å². The van der Waals surface area contributed by atoms with E-state index in [9.17, 15) is 13.2 Å². The van der Waals surface area contributed by atoms with Crippen LogP contribution >= 0.6 is 0 Å². The highest BCUT2D eigenvalue weighted by Gasteiger charge is 2.29. The van der Waals surface area contributed by atoms with Gasteiger partial charge in [-0.25, -0.2) is 0 Å². The van der Waals surface area contributed by atoms with Gasteiger partial charge in [0.25, 0.3) is 0 Å². The lowest BCUT2D eigenvalue weighted by Gasteiger charge is -2.12. The predicted molar refractivity (Wildman–Crippen MR) is 82.1 cm³/mol. The average Bonchev–Trinajstić information content (AvgIpc) is 2.52. The fourth-order valence-corrected chi connectivity index (χ4v) is 2.28. The molecule has 2 rings (SSSR count). The van der Waals surface area contributed by atoms with Crippen LogP contribution in [-0.2, 0) is 6.18 Å². The largest absolute Gasteiger partial charge is 0.416 e. The van der Waals surface area contributed by atoms with Gasteiger partial charge in [0, 0.05) is 6.04 Å². The molecule has 5 heteroatoms. The first-order valence-electron chi connectivity index (χ1n) is 7.15. The van der Waals surface area contributed by atoms with Crippen molar-refractivity contribution in [2.24, 2.45) is 11.5 Å². The summed E-state index contributed by atoms with van der Waals surface area (Å²) in [5.74, 6) is 0. The van der Waals surface area contributed by atoms with E-state index < -0.39 is 11.7 Å². The standard InChI is InChI=1S/C17H19F3N2/c18-17(19,20)15-9-7-13(8-10-15)12-3-5-14(6-4-12)16(22)2-1-11-21/h3-10,16H,1-2,11,21-22H2/t16-/m1/s1. The number of halogens is 3. The van der Waals surface area contributed by atoms with Crippen LogP contribution in [-0.4, -0.2) is 6.54 Å². The molecule has 0 aliphatic carbocycles. The molecule has 0 saturated heterocycles. The molecule has 118 valence electrons. The van der Waals surface area contributed by atoms with E-state index in [-0.39, 0.29) is 6.04 Å². The van der Waals surface area contributed by atoms with Gasteiger partial charge in [-0.1, -0.05) is 36.4 Å². The summed E-state index contributed by atoms with van der Waals surface area (Å²) >= 11 is 0. The monoisotopic (exact) mass is 308 g/mol. The van der Waals surface area contributed by atoms with E-state index in [1.165, 1.54) is 12.1 Å². The van der Waals surface area contributed by atoms with Gasteiger partial charge in [0.05, 0.1) is 5.56 Å². The zero-order chi connectivity index (χ0) is 16.2. The summed E-state index contributed by atoms with van der Waals surface area (Å²) in [6.07, 6.45) is -2.63. The van der Waals surface area contributed by atoms with Crippen molar-refractivity contribution in [2.75, 3.05) is 6.54 Å². The van der Waals surface area contributed by atoms with Crippen LogP contribution in [0.15, 0.2) is 48.5 Å². The van der Waals surface area contributed by atoms with Crippen LogP contribution in [0.4, 0.5) is 13.2 Å². The van der Waals surface area contributed by atoms with Crippen LogP contribution in [0.2, 0.25) is 0 Å². The maximum atomic E-state index is 12.5. The Labute approximate surface area is 127 Å². The molecule has 0 fully saturated rings. The molecule has 1 atom stereocenters. The Hall–Kier alpha value is -1.85. The summed E-state index contributed by atoms with van der Waals surface area (Å²) in [7, 11) is 0. The minimum Gasteiger partial charge on any atom is -0.330 e. The first-order valence-corrected chi connectivity index (χ1v) is 7.15. The molecule has 2 aromatic carbocycles. The Bertz CT molecular complexity index is 589. The summed E-state index contributed by atoms with van der Waals surface area (Å²) in [6, 6.07) is 12.7. The fourth-order valence-electron chi connectivity index (χ4n) is 2.28. The normalized spacial score (nSPS) is 13.1. The lowest BCUT2D eigenvalue weighted by molar-refractivity contribution is -0.137. The topological polar surface area (TPSA) is 52.0 Å². The highest BCUT2D eigenvalue weighted by molar-refractivity contribution is 5.64. The fraction of sp³-hybridized carbons (Fsp3) is 0.294. The Morgan fingerprint density at radius 1 is 0.864 bits per heavy atom. The number of nitrogens with two attached hydrogens (primary N) is 2. The third-order valence-corrected chi connectivity index (χ3v) is 3.60. The number of benzene rings is 2. The van der Waals surface area contributed by atoms with Crippen LogP contribution in [0.5, 0.6) is 0 Å². The molecule has 0 heterocycles. The molecule has 0 aromatic heterocycles. The van der Waals surface area contributed by atoms with E-state index in [2.05, 4.69) is 0 Å². The zero-order valence-corrected chi connectivity index (χ0v) is 12.1. The minimum absolute atomic E-state index is 0.0646. The van der Waals surface area contributed by atoms with Gasteiger partial charge in [0.1, 0.15) is 0 Å². The molecule has 0 radical (unpaired) electrons.